The van der Waals surface area contributed by atoms with Crippen LogP contribution in [0.4, 0.5) is 4.39 Å². The van der Waals surface area contributed by atoms with Gasteiger partial charge in [-0.3, -0.25) is 4.79 Å². The third-order valence-corrected chi connectivity index (χ3v) is 2.28. The van der Waals surface area contributed by atoms with Crippen molar-refractivity contribution in [3.63, 3.8) is 0 Å². The molecule has 0 heterocycles. The number of amides is 1. The zero-order valence-corrected chi connectivity index (χ0v) is 10.5. The fourth-order valence-electron chi connectivity index (χ4n) is 1.17. The molecule has 0 fully saturated rings. The van der Waals surface area contributed by atoms with Crippen LogP contribution in [0.3, 0.4) is 0 Å². The molecule has 5 nitrogen and oxygen atoms in total. The molecular weight excluding hydrogens is 275 g/mol. The molecule has 0 atom stereocenters. The summed E-state index contributed by atoms with van der Waals surface area (Å²) in [5, 5.41) is 10.8. The minimum Gasteiger partial charge on any atom is -0.452 e. The lowest BCUT2D eigenvalue weighted by Gasteiger charge is -2.06. The average Bonchev–Trinajstić information content (AvgIpc) is 2.36. The third-order valence-electron chi connectivity index (χ3n) is 2.04. The van der Waals surface area contributed by atoms with E-state index >= 15 is 0 Å². The number of esters is 1. The van der Waals surface area contributed by atoms with E-state index in [9.17, 15) is 14.0 Å². The highest BCUT2D eigenvalue weighted by molar-refractivity contribution is 6.30. The number of carbonyl (C=O) groups excluding carboxylic acids is 2. The van der Waals surface area contributed by atoms with Crippen molar-refractivity contribution in [2.24, 2.45) is 0 Å². The number of carbonyl (C=O) groups is 2. The Morgan fingerprint density at radius 3 is 2.84 bits per heavy atom. The maximum atomic E-state index is 13.4. The van der Waals surface area contributed by atoms with Crippen LogP contribution in [0.2, 0.25) is 5.02 Å². The van der Waals surface area contributed by atoms with Crippen molar-refractivity contribution in [2.75, 3.05) is 13.2 Å². The predicted octanol–water partition coefficient (Wildman–Crippen LogP) is 1.67. The second-order valence-corrected chi connectivity index (χ2v) is 3.89. The van der Waals surface area contributed by atoms with Crippen LogP contribution >= 0.6 is 11.6 Å². The maximum Gasteiger partial charge on any atom is 0.341 e. The van der Waals surface area contributed by atoms with Crippen LogP contribution in [0, 0.1) is 17.1 Å². The van der Waals surface area contributed by atoms with Crippen LogP contribution in [0.25, 0.3) is 0 Å². The van der Waals surface area contributed by atoms with Gasteiger partial charge in [0, 0.05) is 11.6 Å². The van der Waals surface area contributed by atoms with Crippen LogP contribution in [-0.4, -0.2) is 25.0 Å². The lowest BCUT2D eigenvalue weighted by Crippen LogP contribution is -2.29. The minimum atomic E-state index is -0.954. The molecule has 0 bridgehead atoms. The molecule has 0 unspecified atom stereocenters. The zero-order valence-electron chi connectivity index (χ0n) is 9.78. The third kappa shape index (κ3) is 4.94. The molecular formula is C12H10ClFN2O3. The summed E-state index contributed by atoms with van der Waals surface area (Å²) in [6.07, 6.45) is 0.158. The van der Waals surface area contributed by atoms with Crippen LogP contribution in [0.5, 0.6) is 0 Å². The van der Waals surface area contributed by atoms with E-state index in [0.717, 1.165) is 6.07 Å². The zero-order chi connectivity index (χ0) is 14.3. The van der Waals surface area contributed by atoms with Gasteiger partial charge in [0.25, 0.3) is 5.91 Å². The van der Waals surface area contributed by atoms with Crippen molar-refractivity contribution in [1.29, 1.82) is 5.26 Å². The van der Waals surface area contributed by atoms with Gasteiger partial charge in [-0.1, -0.05) is 11.6 Å². The van der Waals surface area contributed by atoms with Crippen LogP contribution in [-0.2, 0) is 9.53 Å². The van der Waals surface area contributed by atoms with Gasteiger partial charge in [-0.25, -0.2) is 9.18 Å². The van der Waals surface area contributed by atoms with Gasteiger partial charge in [0.2, 0.25) is 0 Å². The number of ether oxygens (including phenoxy) is 1. The Labute approximate surface area is 113 Å². The quantitative estimate of drug-likeness (QED) is 0.659. The van der Waals surface area contributed by atoms with E-state index < -0.39 is 24.3 Å². The Bertz CT molecular complexity index is 528. The van der Waals surface area contributed by atoms with Gasteiger partial charge in [-0.2, -0.15) is 5.26 Å². The summed E-state index contributed by atoms with van der Waals surface area (Å²) < 4.78 is 18.0. The molecule has 0 aliphatic carbocycles. The summed E-state index contributed by atoms with van der Waals surface area (Å²) in [7, 11) is 0. The maximum absolute atomic E-state index is 13.4. The molecule has 0 saturated carbocycles. The number of nitrogens with one attached hydrogen (secondary N) is 1. The number of hydrogen-bond donors (Lipinski definition) is 1. The summed E-state index contributed by atoms with van der Waals surface area (Å²) in [6.45, 7) is -0.367. The topological polar surface area (TPSA) is 79.2 Å². The van der Waals surface area contributed by atoms with E-state index in [2.05, 4.69) is 10.1 Å². The van der Waals surface area contributed by atoms with Gasteiger partial charge >= 0.3 is 5.97 Å². The second kappa shape index (κ2) is 7.34. The highest BCUT2D eigenvalue weighted by atomic mass is 35.5. The van der Waals surface area contributed by atoms with Gasteiger partial charge in [0.1, 0.15) is 5.82 Å². The van der Waals surface area contributed by atoms with E-state index in [1.165, 1.54) is 12.1 Å². The number of halogens is 2. The Balaban J connectivity index is 2.47. The van der Waals surface area contributed by atoms with Gasteiger partial charge < -0.3 is 10.1 Å². The van der Waals surface area contributed by atoms with E-state index in [1.807, 2.05) is 6.07 Å². The van der Waals surface area contributed by atoms with Gasteiger partial charge in [-0.05, 0) is 18.2 Å². The molecule has 1 aromatic carbocycles. The van der Waals surface area contributed by atoms with Crippen LogP contribution in [0.1, 0.15) is 16.8 Å². The first-order chi connectivity index (χ1) is 9.04. The first-order valence-electron chi connectivity index (χ1n) is 5.30. The Morgan fingerprint density at radius 1 is 1.47 bits per heavy atom. The normalized spacial score (nSPS) is 9.53. The molecule has 1 amide bonds. The lowest BCUT2D eigenvalue weighted by atomic mass is 10.2. The van der Waals surface area contributed by atoms with E-state index in [-0.39, 0.29) is 23.6 Å². The monoisotopic (exact) mass is 284 g/mol. The van der Waals surface area contributed by atoms with E-state index in [4.69, 9.17) is 16.9 Å². The Hall–Kier alpha value is -2.13. The fraction of sp³-hybridized carbons (Fsp3) is 0.250. The van der Waals surface area contributed by atoms with E-state index in [1.54, 1.807) is 0 Å². The summed E-state index contributed by atoms with van der Waals surface area (Å²) in [6, 6.07) is 5.33. The molecule has 1 aromatic rings. The summed E-state index contributed by atoms with van der Waals surface area (Å²) in [4.78, 5) is 22.7. The molecule has 1 N–H and O–H groups in total. The van der Waals surface area contributed by atoms with Crippen molar-refractivity contribution in [3.05, 3.63) is 34.6 Å². The van der Waals surface area contributed by atoms with Crippen LogP contribution < -0.4 is 5.32 Å². The molecule has 100 valence electrons. The van der Waals surface area contributed by atoms with E-state index in [0.29, 0.717) is 0 Å². The highest BCUT2D eigenvalue weighted by Crippen LogP contribution is 2.15. The summed E-state index contributed by atoms with van der Waals surface area (Å²) in [5.41, 5.74) is -0.297. The smallest absolute Gasteiger partial charge is 0.341 e. The molecule has 1 rings (SSSR count). The van der Waals surface area contributed by atoms with Gasteiger partial charge in [0.15, 0.2) is 6.61 Å². The molecule has 0 radical (unpaired) electrons. The number of benzene rings is 1. The average molecular weight is 285 g/mol. The SMILES string of the molecule is N#CCCNC(=O)COC(=O)c1ccc(Cl)cc1F. The molecule has 0 saturated heterocycles. The Kier molecular flexibility index (Phi) is 5.76. The summed E-state index contributed by atoms with van der Waals surface area (Å²) >= 11 is 5.54. The second-order valence-electron chi connectivity index (χ2n) is 3.46. The van der Waals surface area contributed by atoms with Crippen molar-refractivity contribution in [3.8, 4) is 6.07 Å². The molecule has 19 heavy (non-hydrogen) atoms. The molecule has 0 spiro atoms. The van der Waals surface area contributed by atoms with Gasteiger partial charge in [0.05, 0.1) is 18.1 Å². The van der Waals surface area contributed by atoms with Crippen molar-refractivity contribution in [1.82, 2.24) is 5.32 Å². The number of hydrogen-bond acceptors (Lipinski definition) is 4. The number of nitrogens with zero attached hydrogens (tertiary/aromatic N) is 1. The summed E-state index contributed by atoms with van der Waals surface area (Å²) in [5.74, 6) is -2.33. The molecule has 0 aliphatic rings. The highest BCUT2D eigenvalue weighted by Gasteiger charge is 2.14. The minimum absolute atomic E-state index is 0.156. The number of nitriles is 1. The predicted molar refractivity (Wildman–Crippen MR) is 64.9 cm³/mol. The largest absolute Gasteiger partial charge is 0.452 e. The van der Waals surface area contributed by atoms with Crippen molar-refractivity contribution >= 4 is 23.5 Å². The standard InChI is InChI=1S/C12H10ClFN2O3/c13-8-2-3-9(10(14)6-8)12(18)19-7-11(17)16-5-1-4-15/h2-3,6H,1,5,7H2,(H,16,17). The molecule has 7 heteroatoms. The van der Waals surface area contributed by atoms with Crippen molar-refractivity contribution < 1.29 is 18.7 Å². The molecule has 0 aliphatic heterocycles. The first kappa shape index (κ1) is 14.9. The van der Waals surface area contributed by atoms with Crippen LogP contribution in [0.15, 0.2) is 18.2 Å². The van der Waals surface area contributed by atoms with Crippen molar-refractivity contribution in [2.45, 2.75) is 6.42 Å². The van der Waals surface area contributed by atoms with Gasteiger partial charge in [-0.15, -0.1) is 0 Å². The first-order valence-corrected chi connectivity index (χ1v) is 5.68. The Morgan fingerprint density at radius 2 is 2.21 bits per heavy atom. The number of rotatable bonds is 5. The lowest BCUT2D eigenvalue weighted by molar-refractivity contribution is -0.124. The molecule has 0 aromatic heterocycles. The fourth-order valence-corrected chi connectivity index (χ4v) is 1.33.